The number of ether oxygens (including phenoxy) is 1. The molecule has 1 N–H and O–H groups in total. The number of hydrogen-bond acceptors (Lipinski definition) is 5. The molecule has 1 aromatic heterocycles. The minimum absolute atomic E-state index is 0.000942. The minimum Gasteiger partial charge on any atom is -0.378 e. The summed E-state index contributed by atoms with van der Waals surface area (Å²) in [4.78, 5) is 30.6. The number of carbonyl (C=O) groups is 2. The summed E-state index contributed by atoms with van der Waals surface area (Å²) in [6, 6.07) is 0.273. The normalized spacial score (nSPS) is 24.8. The summed E-state index contributed by atoms with van der Waals surface area (Å²) < 4.78 is 5.05. The summed E-state index contributed by atoms with van der Waals surface area (Å²) in [7, 11) is 1.63. The van der Waals surface area contributed by atoms with Crippen LogP contribution in [0, 0.1) is 0 Å². The fourth-order valence-corrected chi connectivity index (χ4v) is 4.09. The zero-order valence-electron chi connectivity index (χ0n) is 12.7. The van der Waals surface area contributed by atoms with Gasteiger partial charge in [-0.1, -0.05) is 12.8 Å². The van der Waals surface area contributed by atoms with Gasteiger partial charge in [-0.05, 0) is 12.8 Å². The van der Waals surface area contributed by atoms with Crippen molar-refractivity contribution in [1.82, 2.24) is 15.2 Å². The molecule has 1 saturated heterocycles. The van der Waals surface area contributed by atoms with Crippen LogP contribution >= 0.6 is 11.3 Å². The molecule has 0 unspecified atom stereocenters. The zero-order valence-corrected chi connectivity index (χ0v) is 13.5. The van der Waals surface area contributed by atoms with Gasteiger partial charge in [0.15, 0.2) is 0 Å². The summed E-state index contributed by atoms with van der Waals surface area (Å²) in [6.07, 6.45) is 4.44. The maximum Gasteiger partial charge on any atom is 0.239 e. The van der Waals surface area contributed by atoms with E-state index in [2.05, 4.69) is 10.3 Å². The number of hydrogen-bond donors (Lipinski definition) is 1. The van der Waals surface area contributed by atoms with Crippen molar-refractivity contribution in [3.8, 4) is 0 Å². The number of methoxy groups -OCH3 is 1. The van der Waals surface area contributed by atoms with Gasteiger partial charge in [-0.15, -0.1) is 11.3 Å². The number of piperazine rings is 1. The summed E-state index contributed by atoms with van der Waals surface area (Å²) in [6.45, 7) is 0.644. The molecule has 0 bridgehead atoms. The van der Waals surface area contributed by atoms with E-state index in [0.29, 0.717) is 6.61 Å². The Morgan fingerprint density at radius 1 is 1.50 bits per heavy atom. The SMILES string of the molecule is COCc1nc(CC(=O)N2CC(=O)N[C@@H]3CCCC[C@H]32)cs1. The van der Waals surface area contributed by atoms with E-state index >= 15 is 0 Å². The first-order valence-corrected chi connectivity index (χ1v) is 8.56. The molecule has 0 aromatic carbocycles. The summed E-state index contributed by atoms with van der Waals surface area (Å²) in [5.74, 6) is -0.0455. The first kappa shape index (κ1) is 15.4. The van der Waals surface area contributed by atoms with Crippen LogP contribution in [-0.2, 0) is 27.4 Å². The van der Waals surface area contributed by atoms with Crippen molar-refractivity contribution >= 4 is 23.2 Å². The highest BCUT2D eigenvalue weighted by Crippen LogP contribution is 2.26. The van der Waals surface area contributed by atoms with Crippen LogP contribution in [0.4, 0.5) is 0 Å². The van der Waals surface area contributed by atoms with E-state index in [-0.39, 0.29) is 36.9 Å². The number of aromatic nitrogens is 1. The Labute approximate surface area is 133 Å². The van der Waals surface area contributed by atoms with Gasteiger partial charge in [-0.3, -0.25) is 9.59 Å². The second-order valence-corrected chi connectivity index (χ2v) is 6.83. The predicted molar refractivity (Wildman–Crippen MR) is 82.4 cm³/mol. The fourth-order valence-electron chi connectivity index (χ4n) is 3.33. The average molecular weight is 323 g/mol. The molecule has 7 heteroatoms. The molecule has 120 valence electrons. The first-order valence-electron chi connectivity index (χ1n) is 7.68. The molecule has 2 heterocycles. The van der Waals surface area contributed by atoms with E-state index in [1.165, 1.54) is 11.3 Å². The fraction of sp³-hybridized carbons (Fsp3) is 0.667. The lowest BCUT2D eigenvalue weighted by Crippen LogP contribution is -2.63. The van der Waals surface area contributed by atoms with Crippen LogP contribution in [0.15, 0.2) is 5.38 Å². The Morgan fingerprint density at radius 2 is 2.32 bits per heavy atom. The number of carbonyl (C=O) groups excluding carboxylic acids is 2. The van der Waals surface area contributed by atoms with Gasteiger partial charge in [0.05, 0.1) is 31.3 Å². The van der Waals surface area contributed by atoms with Crippen molar-refractivity contribution in [3.05, 3.63) is 16.1 Å². The van der Waals surface area contributed by atoms with Gasteiger partial charge in [-0.25, -0.2) is 4.98 Å². The Hall–Kier alpha value is -1.47. The van der Waals surface area contributed by atoms with Crippen LogP contribution in [0.1, 0.15) is 36.4 Å². The topological polar surface area (TPSA) is 71.5 Å². The van der Waals surface area contributed by atoms with Crippen LogP contribution in [0.25, 0.3) is 0 Å². The number of amides is 2. The molecule has 3 rings (SSSR count). The quantitative estimate of drug-likeness (QED) is 0.901. The number of thiazole rings is 1. The lowest BCUT2D eigenvalue weighted by molar-refractivity contribution is -0.143. The Bertz CT molecular complexity index is 560. The zero-order chi connectivity index (χ0) is 15.5. The molecule has 2 aliphatic rings. The van der Waals surface area contributed by atoms with Gasteiger partial charge >= 0.3 is 0 Å². The molecule has 2 fully saturated rings. The smallest absolute Gasteiger partial charge is 0.239 e. The lowest BCUT2D eigenvalue weighted by Gasteiger charge is -2.43. The van der Waals surface area contributed by atoms with Crippen molar-refractivity contribution < 1.29 is 14.3 Å². The molecule has 2 amide bonds. The minimum atomic E-state index is -0.0464. The molecule has 1 saturated carbocycles. The van der Waals surface area contributed by atoms with Gasteiger partial charge in [0.1, 0.15) is 5.01 Å². The Balaban J connectivity index is 1.67. The standard InChI is InChI=1S/C15H21N3O3S/c1-21-8-14-16-10(9-22-14)6-15(20)18-7-13(19)17-11-4-2-3-5-12(11)18/h9,11-12H,2-8H2,1H3,(H,17,19)/t11-,12-/m1/s1. The second-order valence-electron chi connectivity index (χ2n) is 5.89. The second kappa shape index (κ2) is 6.75. The van der Waals surface area contributed by atoms with Gasteiger partial charge in [-0.2, -0.15) is 0 Å². The number of nitrogens with one attached hydrogen (secondary N) is 1. The van der Waals surface area contributed by atoms with Crippen molar-refractivity contribution in [2.75, 3.05) is 13.7 Å². The van der Waals surface area contributed by atoms with Gasteiger partial charge in [0.2, 0.25) is 11.8 Å². The molecule has 1 aromatic rings. The summed E-state index contributed by atoms with van der Waals surface area (Å²) in [5, 5.41) is 5.79. The van der Waals surface area contributed by atoms with E-state index < -0.39 is 0 Å². The number of nitrogens with zero attached hydrogens (tertiary/aromatic N) is 2. The summed E-state index contributed by atoms with van der Waals surface area (Å²) >= 11 is 1.50. The number of rotatable bonds is 4. The van der Waals surface area contributed by atoms with Crippen LogP contribution in [-0.4, -0.2) is 47.4 Å². The molecule has 0 radical (unpaired) electrons. The maximum absolute atomic E-state index is 12.6. The van der Waals surface area contributed by atoms with Crippen LogP contribution in [0.5, 0.6) is 0 Å². The first-order chi connectivity index (χ1) is 10.7. The van der Waals surface area contributed by atoms with Gasteiger partial charge in [0, 0.05) is 18.5 Å². The van der Waals surface area contributed by atoms with E-state index in [1.54, 1.807) is 12.0 Å². The Kier molecular flexibility index (Phi) is 4.73. The maximum atomic E-state index is 12.6. The highest BCUT2D eigenvalue weighted by Gasteiger charge is 2.38. The largest absolute Gasteiger partial charge is 0.378 e. The van der Waals surface area contributed by atoms with Gasteiger partial charge < -0.3 is 15.0 Å². The average Bonchev–Trinajstić information content (AvgIpc) is 2.94. The highest BCUT2D eigenvalue weighted by atomic mass is 32.1. The molecule has 1 aliphatic heterocycles. The molecule has 1 aliphatic carbocycles. The predicted octanol–water partition coefficient (Wildman–Crippen LogP) is 1.10. The molecular formula is C15H21N3O3S. The van der Waals surface area contributed by atoms with Crippen molar-refractivity contribution in [1.29, 1.82) is 0 Å². The van der Waals surface area contributed by atoms with E-state index in [0.717, 1.165) is 36.4 Å². The molecule has 22 heavy (non-hydrogen) atoms. The van der Waals surface area contributed by atoms with E-state index in [1.807, 2.05) is 5.38 Å². The summed E-state index contributed by atoms with van der Waals surface area (Å²) in [5.41, 5.74) is 0.764. The Morgan fingerprint density at radius 3 is 3.14 bits per heavy atom. The van der Waals surface area contributed by atoms with Gasteiger partial charge in [0.25, 0.3) is 0 Å². The van der Waals surface area contributed by atoms with Crippen LogP contribution < -0.4 is 5.32 Å². The number of fused-ring (bicyclic) bond motifs is 1. The third-order valence-corrected chi connectivity index (χ3v) is 5.18. The highest BCUT2D eigenvalue weighted by molar-refractivity contribution is 7.09. The van der Waals surface area contributed by atoms with E-state index in [4.69, 9.17) is 4.74 Å². The van der Waals surface area contributed by atoms with Crippen LogP contribution in [0.2, 0.25) is 0 Å². The molecule has 0 spiro atoms. The molecular weight excluding hydrogens is 302 g/mol. The van der Waals surface area contributed by atoms with Crippen molar-refractivity contribution in [2.24, 2.45) is 0 Å². The van der Waals surface area contributed by atoms with Crippen molar-refractivity contribution in [3.63, 3.8) is 0 Å². The third kappa shape index (κ3) is 3.30. The van der Waals surface area contributed by atoms with E-state index in [9.17, 15) is 9.59 Å². The lowest BCUT2D eigenvalue weighted by atomic mass is 9.87. The monoisotopic (exact) mass is 323 g/mol. The molecule has 2 atom stereocenters. The van der Waals surface area contributed by atoms with Crippen LogP contribution in [0.3, 0.4) is 0 Å². The third-order valence-electron chi connectivity index (χ3n) is 4.31. The molecule has 6 nitrogen and oxygen atoms in total. The van der Waals surface area contributed by atoms with Crippen molar-refractivity contribution in [2.45, 2.75) is 50.8 Å².